The van der Waals surface area contributed by atoms with Crippen LogP contribution in [0.25, 0.3) is 0 Å². The van der Waals surface area contributed by atoms with Crippen LogP contribution in [0, 0.1) is 0 Å². The first-order valence-electron chi connectivity index (χ1n) is 10.8. The van der Waals surface area contributed by atoms with E-state index in [2.05, 4.69) is 30.8 Å². The summed E-state index contributed by atoms with van der Waals surface area (Å²) in [7, 11) is -3.57. The number of rotatable bonds is 6. The Morgan fingerprint density at radius 3 is 2.12 bits per heavy atom. The minimum absolute atomic E-state index is 0.00633. The average molecular weight is 458 g/mol. The van der Waals surface area contributed by atoms with Gasteiger partial charge in [0, 0.05) is 24.7 Å². The number of likely N-dealkylation sites (tertiary alicyclic amines) is 1. The first-order chi connectivity index (χ1) is 15.1. The normalized spacial score (nSPS) is 15.4. The average Bonchev–Trinajstić information content (AvgIpc) is 2.77. The van der Waals surface area contributed by atoms with E-state index in [9.17, 15) is 18.0 Å². The SMILES string of the molecule is CC(C)(C)c1ccc(C(=O)NCC(=O)N2CCC(NS(=O)(=O)c3ccccc3)CC2)cc1. The van der Waals surface area contributed by atoms with E-state index in [1.807, 2.05) is 12.1 Å². The minimum atomic E-state index is -3.57. The van der Waals surface area contributed by atoms with Gasteiger partial charge in [-0.2, -0.15) is 0 Å². The van der Waals surface area contributed by atoms with Gasteiger partial charge in [-0.1, -0.05) is 51.1 Å². The largest absolute Gasteiger partial charge is 0.343 e. The Hall–Kier alpha value is -2.71. The molecule has 2 amide bonds. The van der Waals surface area contributed by atoms with Crippen LogP contribution in [0.1, 0.15) is 49.5 Å². The van der Waals surface area contributed by atoms with Crippen LogP contribution in [0.5, 0.6) is 0 Å². The number of carbonyl (C=O) groups is 2. The highest BCUT2D eigenvalue weighted by Crippen LogP contribution is 2.22. The molecule has 2 aromatic rings. The van der Waals surface area contributed by atoms with Gasteiger partial charge in [0.25, 0.3) is 5.91 Å². The molecule has 0 spiro atoms. The van der Waals surface area contributed by atoms with Crippen molar-refractivity contribution in [1.29, 1.82) is 0 Å². The zero-order valence-corrected chi connectivity index (χ0v) is 19.6. The summed E-state index contributed by atoms with van der Waals surface area (Å²) in [6.45, 7) is 7.12. The van der Waals surface area contributed by atoms with Crippen molar-refractivity contribution in [3.05, 3.63) is 65.7 Å². The second kappa shape index (κ2) is 9.83. The summed E-state index contributed by atoms with van der Waals surface area (Å²) in [5.41, 5.74) is 1.66. The summed E-state index contributed by atoms with van der Waals surface area (Å²) in [5, 5.41) is 2.68. The van der Waals surface area contributed by atoms with Gasteiger partial charge in [0.05, 0.1) is 11.4 Å². The number of piperidine rings is 1. The third-order valence-electron chi connectivity index (χ3n) is 5.64. The maximum Gasteiger partial charge on any atom is 0.251 e. The van der Waals surface area contributed by atoms with Gasteiger partial charge in [-0.25, -0.2) is 13.1 Å². The van der Waals surface area contributed by atoms with Crippen molar-refractivity contribution in [2.45, 2.75) is 50.0 Å². The molecular weight excluding hydrogens is 426 g/mol. The Bertz CT molecular complexity index is 1040. The summed E-state index contributed by atoms with van der Waals surface area (Å²) in [6.07, 6.45) is 1.06. The van der Waals surface area contributed by atoms with E-state index in [1.165, 1.54) is 0 Å². The van der Waals surface area contributed by atoms with E-state index in [4.69, 9.17) is 0 Å². The van der Waals surface area contributed by atoms with Gasteiger partial charge < -0.3 is 10.2 Å². The topological polar surface area (TPSA) is 95.6 Å². The second-order valence-corrected chi connectivity index (χ2v) is 10.8. The number of sulfonamides is 1. The summed E-state index contributed by atoms with van der Waals surface area (Å²) in [4.78, 5) is 26.8. The van der Waals surface area contributed by atoms with Gasteiger partial charge >= 0.3 is 0 Å². The molecule has 0 aliphatic carbocycles. The number of nitrogens with zero attached hydrogens (tertiary/aromatic N) is 1. The fraction of sp³-hybridized carbons (Fsp3) is 0.417. The zero-order chi connectivity index (χ0) is 23.4. The van der Waals surface area contributed by atoms with Crippen LogP contribution in [0.2, 0.25) is 0 Å². The van der Waals surface area contributed by atoms with Crippen molar-refractivity contribution in [2.24, 2.45) is 0 Å². The highest BCUT2D eigenvalue weighted by Gasteiger charge is 2.26. The Morgan fingerprint density at radius 2 is 1.56 bits per heavy atom. The molecule has 3 rings (SSSR count). The molecule has 1 aliphatic rings. The lowest BCUT2D eigenvalue weighted by Crippen LogP contribution is -2.48. The van der Waals surface area contributed by atoms with Crippen LogP contribution < -0.4 is 10.0 Å². The van der Waals surface area contributed by atoms with Crippen LogP contribution in [0.3, 0.4) is 0 Å². The molecule has 0 aromatic heterocycles. The van der Waals surface area contributed by atoms with Gasteiger partial charge in [-0.15, -0.1) is 0 Å². The molecule has 1 fully saturated rings. The molecule has 8 heteroatoms. The summed E-state index contributed by atoms with van der Waals surface area (Å²) in [6, 6.07) is 15.4. The number of hydrogen-bond donors (Lipinski definition) is 2. The van der Waals surface area contributed by atoms with Crippen LogP contribution in [0.15, 0.2) is 59.5 Å². The van der Waals surface area contributed by atoms with Crippen LogP contribution >= 0.6 is 0 Å². The Balaban J connectivity index is 1.46. The molecule has 32 heavy (non-hydrogen) atoms. The highest BCUT2D eigenvalue weighted by atomic mass is 32.2. The molecule has 7 nitrogen and oxygen atoms in total. The lowest BCUT2D eigenvalue weighted by Gasteiger charge is -2.32. The molecule has 2 N–H and O–H groups in total. The van der Waals surface area contributed by atoms with E-state index < -0.39 is 10.0 Å². The standard InChI is InChI=1S/C24H31N3O4S/c1-24(2,3)19-11-9-18(10-12-19)23(29)25-17-22(28)27-15-13-20(14-16-27)26-32(30,31)21-7-5-4-6-8-21/h4-12,20,26H,13-17H2,1-3H3,(H,25,29). The number of nitrogens with one attached hydrogen (secondary N) is 2. The Kier molecular flexibility index (Phi) is 7.36. The summed E-state index contributed by atoms with van der Waals surface area (Å²) in [5.74, 6) is -0.460. The number of amides is 2. The number of carbonyl (C=O) groups excluding carboxylic acids is 2. The molecule has 2 aromatic carbocycles. The van der Waals surface area contributed by atoms with E-state index in [0.717, 1.165) is 5.56 Å². The lowest BCUT2D eigenvalue weighted by molar-refractivity contribution is -0.131. The summed E-state index contributed by atoms with van der Waals surface area (Å²) < 4.78 is 27.7. The molecule has 0 atom stereocenters. The van der Waals surface area contributed by atoms with Crippen molar-refractivity contribution >= 4 is 21.8 Å². The number of benzene rings is 2. The van der Waals surface area contributed by atoms with Crippen molar-refractivity contribution in [3.8, 4) is 0 Å². The van der Waals surface area contributed by atoms with Crippen molar-refractivity contribution in [2.75, 3.05) is 19.6 Å². The maximum absolute atomic E-state index is 12.5. The van der Waals surface area contributed by atoms with Crippen molar-refractivity contribution < 1.29 is 18.0 Å². The smallest absolute Gasteiger partial charge is 0.251 e. The maximum atomic E-state index is 12.5. The fourth-order valence-corrected chi connectivity index (χ4v) is 4.95. The first-order valence-corrected chi connectivity index (χ1v) is 12.3. The van der Waals surface area contributed by atoms with Gasteiger partial charge in [0.2, 0.25) is 15.9 Å². The minimum Gasteiger partial charge on any atom is -0.343 e. The Labute approximate surface area is 190 Å². The van der Waals surface area contributed by atoms with Gasteiger partial charge in [-0.05, 0) is 48.1 Å². The van der Waals surface area contributed by atoms with Crippen molar-refractivity contribution in [3.63, 3.8) is 0 Å². The van der Waals surface area contributed by atoms with Gasteiger partial charge in [0.15, 0.2) is 0 Å². The molecule has 0 bridgehead atoms. The molecule has 1 saturated heterocycles. The van der Waals surface area contributed by atoms with Crippen molar-refractivity contribution in [1.82, 2.24) is 14.9 Å². The van der Waals surface area contributed by atoms with Gasteiger partial charge in [-0.3, -0.25) is 9.59 Å². The predicted molar refractivity (Wildman–Crippen MR) is 124 cm³/mol. The van der Waals surface area contributed by atoms with E-state index in [-0.39, 0.29) is 34.7 Å². The quantitative estimate of drug-likeness (QED) is 0.697. The Morgan fingerprint density at radius 1 is 0.969 bits per heavy atom. The monoisotopic (exact) mass is 457 g/mol. The molecular formula is C24H31N3O4S. The molecule has 0 radical (unpaired) electrons. The highest BCUT2D eigenvalue weighted by molar-refractivity contribution is 7.89. The number of hydrogen-bond acceptors (Lipinski definition) is 4. The lowest BCUT2D eigenvalue weighted by atomic mass is 9.87. The van der Waals surface area contributed by atoms with Crippen LogP contribution in [0.4, 0.5) is 0 Å². The van der Waals surface area contributed by atoms with Crippen LogP contribution in [-0.2, 0) is 20.2 Å². The van der Waals surface area contributed by atoms with E-state index in [0.29, 0.717) is 31.5 Å². The fourth-order valence-electron chi connectivity index (χ4n) is 3.63. The third kappa shape index (κ3) is 6.17. The zero-order valence-electron chi connectivity index (χ0n) is 18.8. The molecule has 0 unspecified atom stereocenters. The molecule has 0 saturated carbocycles. The molecule has 172 valence electrons. The molecule has 1 heterocycles. The van der Waals surface area contributed by atoms with Gasteiger partial charge in [0.1, 0.15) is 0 Å². The van der Waals surface area contributed by atoms with E-state index in [1.54, 1.807) is 47.4 Å². The second-order valence-electron chi connectivity index (χ2n) is 9.10. The first kappa shape index (κ1) is 23.9. The summed E-state index contributed by atoms with van der Waals surface area (Å²) >= 11 is 0. The van der Waals surface area contributed by atoms with E-state index >= 15 is 0 Å². The third-order valence-corrected chi connectivity index (χ3v) is 7.17. The predicted octanol–water partition coefficient (Wildman–Crippen LogP) is 2.68. The molecule has 1 aliphatic heterocycles. The van der Waals surface area contributed by atoms with Crippen LogP contribution in [-0.4, -0.2) is 50.8 Å².